The second-order valence-corrected chi connectivity index (χ2v) is 6.46. The van der Waals surface area contributed by atoms with Gasteiger partial charge in [-0.1, -0.05) is 13.0 Å². The van der Waals surface area contributed by atoms with E-state index >= 15 is 0 Å². The Morgan fingerprint density at radius 1 is 1.50 bits per heavy atom. The van der Waals surface area contributed by atoms with E-state index in [4.69, 9.17) is 0 Å². The molecular weight excluding hydrogens is 296 g/mol. The van der Waals surface area contributed by atoms with Crippen molar-refractivity contribution in [2.75, 3.05) is 20.1 Å². The Hall–Kier alpha value is -1.79. The average molecular weight is 318 g/mol. The number of hydrogen-bond donors (Lipinski definition) is 1. The maximum Gasteiger partial charge on any atom is 0.234 e. The molecule has 2 heterocycles. The Balaban J connectivity index is 1.73. The first kappa shape index (κ1) is 16.6. The van der Waals surface area contributed by atoms with Crippen molar-refractivity contribution < 1.29 is 4.79 Å². The summed E-state index contributed by atoms with van der Waals surface area (Å²) in [6.45, 7) is 5.77. The third kappa shape index (κ3) is 5.20. The van der Waals surface area contributed by atoms with Gasteiger partial charge < -0.3 is 5.32 Å². The van der Waals surface area contributed by atoms with Crippen LogP contribution in [0.4, 0.5) is 0 Å². The molecule has 0 aliphatic rings. The summed E-state index contributed by atoms with van der Waals surface area (Å²) in [6.07, 6.45) is 3.57. The number of nitrogens with zero attached hydrogens (tertiary/aromatic N) is 3. The number of rotatable bonds is 7. The number of carbonyl (C=O) groups excluding carboxylic acids is 1. The fourth-order valence-corrected chi connectivity index (χ4v) is 2.97. The molecule has 22 heavy (non-hydrogen) atoms. The molecule has 0 aromatic carbocycles. The number of aromatic nitrogens is 2. The van der Waals surface area contributed by atoms with Crippen molar-refractivity contribution in [2.45, 2.75) is 26.3 Å². The van der Waals surface area contributed by atoms with Crippen molar-refractivity contribution in [3.63, 3.8) is 0 Å². The summed E-state index contributed by atoms with van der Waals surface area (Å²) >= 11 is 1.65. The van der Waals surface area contributed by atoms with Crippen LogP contribution in [0.1, 0.15) is 29.1 Å². The zero-order valence-corrected chi connectivity index (χ0v) is 14.1. The molecule has 2 aromatic heterocycles. The van der Waals surface area contributed by atoms with Crippen LogP contribution in [0.3, 0.4) is 0 Å². The lowest BCUT2D eigenvalue weighted by Crippen LogP contribution is -2.36. The van der Waals surface area contributed by atoms with Crippen LogP contribution in [-0.4, -0.2) is 40.9 Å². The lowest BCUT2D eigenvalue weighted by atomic mass is 10.2. The van der Waals surface area contributed by atoms with Gasteiger partial charge in [0.05, 0.1) is 11.6 Å². The third-order valence-corrected chi connectivity index (χ3v) is 4.45. The molecule has 6 heteroatoms. The molecule has 0 fully saturated rings. The van der Waals surface area contributed by atoms with Gasteiger partial charge >= 0.3 is 0 Å². The van der Waals surface area contributed by atoms with Gasteiger partial charge in [0.2, 0.25) is 5.91 Å². The standard InChI is InChI=1S/C16H22N4OS/c1-12(16-19-13(2)11-22-16)7-18-15(21)10-20(3)9-14-5-4-6-17-8-14/h4-6,8,11-12H,7,9-10H2,1-3H3,(H,18,21)/t12-/m0/s1. The summed E-state index contributed by atoms with van der Waals surface area (Å²) in [6, 6.07) is 3.91. The van der Waals surface area contributed by atoms with Gasteiger partial charge in [-0.05, 0) is 25.6 Å². The van der Waals surface area contributed by atoms with Crippen LogP contribution in [0.5, 0.6) is 0 Å². The summed E-state index contributed by atoms with van der Waals surface area (Å²) in [5, 5.41) is 6.09. The maximum atomic E-state index is 12.0. The molecule has 1 N–H and O–H groups in total. The Labute approximate surface area is 135 Å². The van der Waals surface area contributed by atoms with E-state index in [0.29, 0.717) is 19.6 Å². The van der Waals surface area contributed by atoms with Crippen molar-refractivity contribution in [3.05, 3.63) is 46.2 Å². The highest BCUT2D eigenvalue weighted by Crippen LogP contribution is 2.18. The molecule has 118 valence electrons. The fraction of sp³-hybridized carbons (Fsp3) is 0.438. The highest BCUT2D eigenvalue weighted by atomic mass is 32.1. The SMILES string of the molecule is Cc1csc([C@@H](C)CNC(=O)CN(C)Cc2cccnc2)n1. The Bertz CT molecular complexity index is 599. The van der Waals surface area contributed by atoms with Crippen LogP contribution in [0.2, 0.25) is 0 Å². The molecule has 2 aromatic rings. The van der Waals surface area contributed by atoms with Crippen LogP contribution in [0.15, 0.2) is 29.9 Å². The van der Waals surface area contributed by atoms with Crippen molar-refractivity contribution in [2.24, 2.45) is 0 Å². The van der Waals surface area contributed by atoms with Crippen molar-refractivity contribution in [3.8, 4) is 0 Å². The lowest BCUT2D eigenvalue weighted by molar-refractivity contribution is -0.122. The Kier molecular flexibility index (Phi) is 6.03. The van der Waals surface area contributed by atoms with Gasteiger partial charge in [-0.2, -0.15) is 0 Å². The first-order valence-corrected chi connectivity index (χ1v) is 8.18. The smallest absolute Gasteiger partial charge is 0.234 e. The number of likely N-dealkylation sites (N-methyl/N-ethyl adjacent to an activating group) is 1. The van der Waals surface area contributed by atoms with Crippen molar-refractivity contribution >= 4 is 17.2 Å². The van der Waals surface area contributed by atoms with E-state index in [-0.39, 0.29) is 11.8 Å². The van der Waals surface area contributed by atoms with E-state index in [1.165, 1.54) is 0 Å². The van der Waals surface area contributed by atoms with Crippen LogP contribution in [0.25, 0.3) is 0 Å². The number of nitrogens with one attached hydrogen (secondary N) is 1. The van der Waals surface area contributed by atoms with Crippen LogP contribution < -0.4 is 5.32 Å². The summed E-state index contributed by atoms with van der Waals surface area (Å²) < 4.78 is 0. The van der Waals surface area contributed by atoms with E-state index in [9.17, 15) is 4.79 Å². The molecule has 0 aliphatic heterocycles. The monoisotopic (exact) mass is 318 g/mol. The topological polar surface area (TPSA) is 58.1 Å². The molecule has 1 atom stereocenters. The van der Waals surface area contributed by atoms with E-state index < -0.39 is 0 Å². The second kappa shape index (κ2) is 8.00. The summed E-state index contributed by atoms with van der Waals surface area (Å²) in [4.78, 5) is 22.5. The minimum Gasteiger partial charge on any atom is -0.354 e. The van der Waals surface area contributed by atoms with E-state index in [0.717, 1.165) is 16.3 Å². The second-order valence-electron chi connectivity index (χ2n) is 5.57. The molecule has 2 rings (SSSR count). The fourth-order valence-electron chi connectivity index (χ4n) is 2.11. The van der Waals surface area contributed by atoms with E-state index in [2.05, 4.69) is 22.2 Å². The molecule has 0 saturated heterocycles. The first-order valence-electron chi connectivity index (χ1n) is 7.30. The number of hydrogen-bond acceptors (Lipinski definition) is 5. The quantitative estimate of drug-likeness (QED) is 0.850. The van der Waals surface area contributed by atoms with Gasteiger partial charge in [0.1, 0.15) is 0 Å². The van der Waals surface area contributed by atoms with E-state index in [1.807, 2.05) is 42.6 Å². The van der Waals surface area contributed by atoms with Crippen LogP contribution >= 0.6 is 11.3 Å². The minimum atomic E-state index is 0.0338. The normalized spacial score (nSPS) is 12.4. The molecule has 1 amide bonds. The van der Waals surface area contributed by atoms with Gasteiger partial charge in [-0.25, -0.2) is 4.98 Å². The van der Waals surface area contributed by atoms with Crippen molar-refractivity contribution in [1.82, 2.24) is 20.2 Å². The minimum absolute atomic E-state index is 0.0338. The molecule has 5 nitrogen and oxygen atoms in total. The zero-order valence-electron chi connectivity index (χ0n) is 13.2. The molecule has 0 radical (unpaired) electrons. The predicted octanol–water partition coefficient (Wildman–Crippen LogP) is 2.20. The predicted molar refractivity (Wildman–Crippen MR) is 88.8 cm³/mol. The van der Waals surface area contributed by atoms with E-state index in [1.54, 1.807) is 17.5 Å². The molecule has 0 saturated carbocycles. The highest BCUT2D eigenvalue weighted by Gasteiger charge is 2.12. The number of pyridine rings is 1. The van der Waals surface area contributed by atoms with Gasteiger partial charge in [0, 0.05) is 42.5 Å². The molecular formula is C16H22N4OS. The Morgan fingerprint density at radius 3 is 2.95 bits per heavy atom. The van der Waals surface area contributed by atoms with Gasteiger partial charge in [-0.3, -0.25) is 14.7 Å². The number of thiazole rings is 1. The maximum absolute atomic E-state index is 12.0. The number of aryl methyl sites for hydroxylation is 1. The van der Waals surface area contributed by atoms with Crippen LogP contribution in [0, 0.1) is 6.92 Å². The van der Waals surface area contributed by atoms with Gasteiger partial charge in [0.15, 0.2) is 0 Å². The van der Waals surface area contributed by atoms with Crippen LogP contribution in [-0.2, 0) is 11.3 Å². The molecule has 0 bridgehead atoms. The first-order chi connectivity index (χ1) is 10.5. The van der Waals surface area contributed by atoms with Gasteiger partial charge in [0.25, 0.3) is 0 Å². The number of amides is 1. The molecule has 0 spiro atoms. The highest BCUT2D eigenvalue weighted by molar-refractivity contribution is 7.09. The zero-order chi connectivity index (χ0) is 15.9. The largest absolute Gasteiger partial charge is 0.354 e. The summed E-state index contributed by atoms with van der Waals surface area (Å²) in [5.74, 6) is 0.276. The summed E-state index contributed by atoms with van der Waals surface area (Å²) in [7, 11) is 1.93. The molecule has 0 aliphatic carbocycles. The average Bonchev–Trinajstić information content (AvgIpc) is 2.92. The third-order valence-electron chi connectivity index (χ3n) is 3.25. The van der Waals surface area contributed by atoms with Crippen molar-refractivity contribution in [1.29, 1.82) is 0 Å². The molecule has 0 unspecified atom stereocenters. The van der Waals surface area contributed by atoms with Gasteiger partial charge in [-0.15, -0.1) is 11.3 Å². The Morgan fingerprint density at radius 2 is 2.32 bits per heavy atom. The lowest BCUT2D eigenvalue weighted by Gasteiger charge is -2.17. The summed E-state index contributed by atoms with van der Waals surface area (Å²) in [5.41, 5.74) is 2.14. The number of carbonyl (C=O) groups is 1.